The van der Waals surface area contributed by atoms with Crippen molar-refractivity contribution in [3.63, 3.8) is 0 Å². The molecular weight excluding hydrogens is 230 g/mol. The van der Waals surface area contributed by atoms with Crippen molar-refractivity contribution in [1.82, 2.24) is 15.5 Å². The lowest BCUT2D eigenvalue weighted by atomic mass is 10.1. The first-order valence-corrected chi connectivity index (χ1v) is 6.51. The summed E-state index contributed by atoms with van der Waals surface area (Å²) in [6.45, 7) is 9.11. The lowest BCUT2D eigenvalue weighted by Crippen LogP contribution is -2.44. The van der Waals surface area contributed by atoms with Crippen LogP contribution in [0.25, 0.3) is 0 Å². The molecule has 5 nitrogen and oxygen atoms in total. The molecule has 2 unspecified atom stereocenters. The molecule has 18 heavy (non-hydrogen) atoms. The largest absolute Gasteiger partial charge is 0.354 e. The van der Waals surface area contributed by atoms with Crippen LogP contribution in [-0.2, 0) is 9.59 Å². The number of carbonyl (C=O) groups excluding carboxylic acids is 2. The van der Waals surface area contributed by atoms with Crippen LogP contribution in [0.3, 0.4) is 0 Å². The Balaban J connectivity index is 2.50. The topological polar surface area (TPSA) is 61.4 Å². The van der Waals surface area contributed by atoms with Gasteiger partial charge in [-0.05, 0) is 34.7 Å². The summed E-state index contributed by atoms with van der Waals surface area (Å²) in [5.74, 6) is -0.151. The Hall–Kier alpha value is -1.10. The minimum atomic E-state index is -0.208. The second kappa shape index (κ2) is 5.69. The monoisotopic (exact) mass is 255 g/mol. The normalized spacial score (nSPS) is 22.2. The average molecular weight is 255 g/mol. The zero-order valence-electron chi connectivity index (χ0n) is 12.0. The number of rotatable bonds is 4. The Kier molecular flexibility index (Phi) is 4.73. The predicted octanol–water partition coefficient (Wildman–Crippen LogP) is 0.358. The summed E-state index contributed by atoms with van der Waals surface area (Å²) in [6, 6.07) is 0.241. The molecule has 0 spiro atoms. The van der Waals surface area contributed by atoms with E-state index in [1.165, 1.54) is 0 Å². The van der Waals surface area contributed by atoms with E-state index in [2.05, 4.69) is 10.6 Å². The number of hydrogen-bond acceptors (Lipinski definition) is 3. The Morgan fingerprint density at radius 2 is 2.11 bits per heavy atom. The fourth-order valence-electron chi connectivity index (χ4n) is 2.03. The molecule has 1 aliphatic rings. The zero-order valence-corrected chi connectivity index (χ0v) is 12.0. The van der Waals surface area contributed by atoms with Gasteiger partial charge >= 0.3 is 0 Å². The molecular formula is C13H25N3O2. The molecule has 104 valence electrons. The highest BCUT2D eigenvalue weighted by atomic mass is 16.2. The molecule has 0 aromatic heterocycles. The van der Waals surface area contributed by atoms with Crippen LogP contribution in [0.5, 0.6) is 0 Å². The highest BCUT2D eigenvalue weighted by Gasteiger charge is 2.39. The standard InChI is InChI=1S/C13H25N3O2/c1-9(14-5)7-15-12(18)10-6-11(17)16(8-10)13(2,3)4/h9-10,14H,6-8H2,1-5H3,(H,15,18). The van der Waals surface area contributed by atoms with Gasteiger partial charge in [-0.15, -0.1) is 0 Å². The fourth-order valence-corrected chi connectivity index (χ4v) is 2.03. The number of nitrogens with zero attached hydrogens (tertiary/aromatic N) is 1. The molecule has 5 heteroatoms. The van der Waals surface area contributed by atoms with Crippen LogP contribution in [0.1, 0.15) is 34.1 Å². The van der Waals surface area contributed by atoms with E-state index in [1.54, 1.807) is 4.90 Å². The summed E-state index contributed by atoms with van der Waals surface area (Å²) in [5.41, 5.74) is -0.204. The molecule has 0 aromatic carbocycles. The van der Waals surface area contributed by atoms with E-state index < -0.39 is 0 Å². The Bertz CT molecular complexity index is 323. The predicted molar refractivity (Wildman–Crippen MR) is 71.1 cm³/mol. The Morgan fingerprint density at radius 3 is 2.56 bits per heavy atom. The SMILES string of the molecule is CNC(C)CNC(=O)C1CC(=O)N(C(C)(C)C)C1. The number of hydrogen-bond donors (Lipinski definition) is 2. The van der Waals surface area contributed by atoms with E-state index >= 15 is 0 Å². The second-order valence-corrected chi connectivity index (χ2v) is 6.01. The van der Waals surface area contributed by atoms with E-state index in [0.29, 0.717) is 19.5 Å². The molecule has 0 saturated carbocycles. The van der Waals surface area contributed by atoms with Gasteiger partial charge in [0.05, 0.1) is 5.92 Å². The summed E-state index contributed by atoms with van der Waals surface area (Å²) >= 11 is 0. The number of likely N-dealkylation sites (N-methyl/N-ethyl adjacent to an activating group) is 1. The molecule has 2 amide bonds. The van der Waals surface area contributed by atoms with Crippen LogP contribution >= 0.6 is 0 Å². The molecule has 0 bridgehead atoms. The molecule has 0 aliphatic carbocycles. The van der Waals surface area contributed by atoms with Crippen LogP contribution in [0.2, 0.25) is 0 Å². The third-order valence-electron chi connectivity index (χ3n) is 3.38. The van der Waals surface area contributed by atoms with Gasteiger partial charge in [-0.2, -0.15) is 0 Å². The lowest BCUT2D eigenvalue weighted by Gasteiger charge is -2.32. The second-order valence-electron chi connectivity index (χ2n) is 6.01. The van der Waals surface area contributed by atoms with Crippen molar-refractivity contribution in [1.29, 1.82) is 0 Å². The van der Waals surface area contributed by atoms with Gasteiger partial charge in [-0.25, -0.2) is 0 Å². The quantitative estimate of drug-likeness (QED) is 0.762. The molecule has 1 saturated heterocycles. The first-order valence-electron chi connectivity index (χ1n) is 6.51. The minimum absolute atomic E-state index is 0.0165. The maximum atomic E-state index is 12.0. The number of amides is 2. The van der Waals surface area contributed by atoms with E-state index in [-0.39, 0.29) is 29.3 Å². The van der Waals surface area contributed by atoms with E-state index in [0.717, 1.165) is 0 Å². The molecule has 0 radical (unpaired) electrons. The van der Waals surface area contributed by atoms with Gasteiger partial charge in [-0.3, -0.25) is 9.59 Å². The summed E-state index contributed by atoms with van der Waals surface area (Å²) in [4.78, 5) is 25.6. The van der Waals surface area contributed by atoms with Gasteiger partial charge in [0.1, 0.15) is 0 Å². The lowest BCUT2D eigenvalue weighted by molar-refractivity contribution is -0.132. The third-order valence-corrected chi connectivity index (χ3v) is 3.38. The van der Waals surface area contributed by atoms with Crippen molar-refractivity contribution < 1.29 is 9.59 Å². The summed E-state index contributed by atoms with van der Waals surface area (Å²) < 4.78 is 0. The van der Waals surface area contributed by atoms with Crippen molar-refractivity contribution in [3.05, 3.63) is 0 Å². The minimum Gasteiger partial charge on any atom is -0.354 e. The van der Waals surface area contributed by atoms with Crippen molar-refractivity contribution in [2.75, 3.05) is 20.1 Å². The highest BCUT2D eigenvalue weighted by Crippen LogP contribution is 2.25. The molecule has 1 aliphatic heterocycles. The fraction of sp³-hybridized carbons (Fsp3) is 0.846. The highest BCUT2D eigenvalue weighted by molar-refractivity contribution is 5.89. The molecule has 1 heterocycles. The van der Waals surface area contributed by atoms with Crippen molar-refractivity contribution >= 4 is 11.8 Å². The molecule has 1 fully saturated rings. The van der Waals surface area contributed by atoms with E-state index in [9.17, 15) is 9.59 Å². The van der Waals surface area contributed by atoms with E-state index in [1.807, 2.05) is 34.7 Å². The molecule has 2 atom stereocenters. The third kappa shape index (κ3) is 3.70. The molecule has 2 N–H and O–H groups in total. The number of nitrogens with one attached hydrogen (secondary N) is 2. The van der Waals surface area contributed by atoms with Crippen LogP contribution in [0.4, 0.5) is 0 Å². The van der Waals surface area contributed by atoms with Gasteiger partial charge < -0.3 is 15.5 Å². The summed E-state index contributed by atoms with van der Waals surface area (Å²) in [7, 11) is 1.86. The molecule has 1 rings (SSSR count). The first kappa shape index (κ1) is 15.0. The van der Waals surface area contributed by atoms with Gasteiger partial charge in [0.25, 0.3) is 0 Å². The van der Waals surface area contributed by atoms with Crippen LogP contribution in [0, 0.1) is 5.92 Å². The van der Waals surface area contributed by atoms with Gasteiger partial charge in [0.2, 0.25) is 11.8 Å². The van der Waals surface area contributed by atoms with E-state index in [4.69, 9.17) is 0 Å². The molecule has 0 aromatic rings. The van der Waals surface area contributed by atoms with Gasteiger partial charge in [0, 0.05) is 31.1 Å². The zero-order chi connectivity index (χ0) is 13.9. The maximum absolute atomic E-state index is 12.0. The Morgan fingerprint density at radius 1 is 1.50 bits per heavy atom. The Labute approximate surface area is 109 Å². The van der Waals surface area contributed by atoms with Crippen LogP contribution in [-0.4, -0.2) is 48.4 Å². The average Bonchev–Trinajstić information content (AvgIpc) is 2.67. The van der Waals surface area contributed by atoms with Crippen molar-refractivity contribution in [2.45, 2.75) is 45.7 Å². The number of likely N-dealkylation sites (tertiary alicyclic amines) is 1. The van der Waals surface area contributed by atoms with Crippen molar-refractivity contribution in [3.8, 4) is 0 Å². The number of carbonyl (C=O) groups is 2. The van der Waals surface area contributed by atoms with Gasteiger partial charge in [0.15, 0.2) is 0 Å². The summed E-state index contributed by atoms with van der Waals surface area (Å²) in [6.07, 6.45) is 0.330. The maximum Gasteiger partial charge on any atom is 0.225 e. The van der Waals surface area contributed by atoms with Crippen molar-refractivity contribution in [2.24, 2.45) is 5.92 Å². The van der Waals surface area contributed by atoms with Crippen LogP contribution < -0.4 is 10.6 Å². The summed E-state index contributed by atoms with van der Waals surface area (Å²) in [5, 5.41) is 5.95. The van der Waals surface area contributed by atoms with Crippen LogP contribution in [0.15, 0.2) is 0 Å². The first-order chi connectivity index (χ1) is 8.25. The smallest absolute Gasteiger partial charge is 0.225 e. The van der Waals surface area contributed by atoms with Gasteiger partial charge in [-0.1, -0.05) is 0 Å².